The topological polar surface area (TPSA) is 53.6 Å². The van der Waals surface area contributed by atoms with Crippen LogP contribution < -0.4 is 10.6 Å². The first-order valence-corrected chi connectivity index (χ1v) is 6.49. The van der Waals surface area contributed by atoms with Gasteiger partial charge >= 0.3 is 0 Å². The van der Waals surface area contributed by atoms with Crippen molar-refractivity contribution in [1.29, 1.82) is 0 Å². The Bertz CT molecular complexity index is 264. The van der Waals surface area contributed by atoms with Crippen LogP contribution in [0.1, 0.15) is 19.8 Å². The second-order valence-corrected chi connectivity index (χ2v) is 5.05. The van der Waals surface area contributed by atoms with Gasteiger partial charge in [0, 0.05) is 39.3 Å². The van der Waals surface area contributed by atoms with Crippen LogP contribution in [-0.2, 0) is 9.53 Å². The number of hydrogen-bond donors (Lipinski definition) is 2. The number of hydrogen-bond acceptors (Lipinski definition) is 4. The van der Waals surface area contributed by atoms with Crippen molar-refractivity contribution in [2.45, 2.75) is 38.0 Å². The van der Waals surface area contributed by atoms with Crippen LogP contribution in [-0.4, -0.2) is 62.3 Å². The van der Waals surface area contributed by atoms with Crippen LogP contribution in [0.3, 0.4) is 0 Å². The number of amides is 1. The van der Waals surface area contributed by atoms with E-state index in [-0.39, 0.29) is 18.1 Å². The number of likely N-dealkylation sites (tertiary alicyclic amines) is 1. The molecule has 2 aliphatic heterocycles. The van der Waals surface area contributed by atoms with Crippen molar-refractivity contribution in [3.8, 4) is 0 Å². The van der Waals surface area contributed by atoms with Crippen molar-refractivity contribution in [3.63, 3.8) is 0 Å². The molecule has 2 N–H and O–H groups in total. The summed E-state index contributed by atoms with van der Waals surface area (Å²) >= 11 is 0. The van der Waals surface area contributed by atoms with Crippen LogP contribution in [0.4, 0.5) is 0 Å². The number of methoxy groups -OCH3 is 1. The van der Waals surface area contributed by atoms with Crippen LogP contribution in [0.5, 0.6) is 0 Å². The Morgan fingerprint density at radius 3 is 2.82 bits per heavy atom. The zero-order valence-electron chi connectivity index (χ0n) is 10.7. The molecule has 2 aliphatic rings. The molecule has 0 bridgehead atoms. The van der Waals surface area contributed by atoms with Gasteiger partial charge in [0.15, 0.2) is 0 Å². The summed E-state index contributed by atoms with van der Waals surface area (Å²) in [4.78, 5) is 14.2. The smallest absolute Gasteiger partial charge is 0.241 e. The quantitative estimate of drug-likeness (QED) is 0.689. The fourth-order valence-corrected chi connectivity index (χ4v) is 2.51. The van der Waals surface area contributed by atoms with Crippen LogP contribution in [0.15, 0.2) is 0 Å². The predicted molar refractivity (Wildman–Crippen MR) is 65.9 cm³/mol. The minimum absolute atomic E-state index is 0.0678. The average molecular weight is 241 g/mol. The Kier molecular flexibility index (Phi) is 4.36. The maximum absolute atomic E-state index is 12.3. The van der Waals surface area contributed by atoms with Gasteiger partial charge in [-0.2, -0.15) is 0 Å². The summed E-state index contributed by atoms with van der Waals surface area (Å²) in [6.45, 7) is 5.32. The largest absolute Gasteiger partial charge is 0.380 e. The first-order chi connectivity index (χ1) is 8.20. The third-order valence-corrected chi connectivity index (χ3v) is 3.66. The average Bonchev–Trinajstić information content (AvgIpc) is 2.39. The highest BCUT2D eigenvalue weighted by molar-refractivity contribution is 5.82. The van der Waals surface area contributed by atoms with E-state index < -0.39 is 0 Å². The summed E-state index contributed by atoms with van der Waals surface area (Å²) < 4.78 is 5.35. The third-order valence-electron chi connectivity index (χ3n) is 3.66. The number of nitrogens with one attached hydrogen (secondary N) is 2. The van der Waals surface area contributed by atoms with Gasteiger partial charge in [0.2, 0.25) is 5.91 Å². The Morgan fingerprint density at radius 1 is 1.35 bits per heavy atom. The SMILES string of the molecule is COC1CCCN(C(=O)C2CNC(C)CN2)C1. The highest BCUT2D eigenvalue weighted by atomic mass is 16.5. The number of carbonyl (C=O) groups excluding carboxylic acids is 1. The summed E-state index contributed by atoms with van der Waals surface area (Å²) in [5.41, 5.74) is 0. The summed E-state index contributed by atoms with van der Waals surface area (Å²) in [6.07, 6.45) is 2.32. The van der Waals surface area contributed by atoms with E-state index >= 15 is 0 Å². The number of piperidine rings is 1. The number of rotatable bonds is 2. The van der Waals surface area contributed by atoms with Gasteiger partial charge < -0.3 is 20.3 Å². The van der Waals surface area contributed by atoms with Crippen LogP contribution in [0.25, 0.3) is 0 Å². The molecule has 0 aromatic carbocycles. The molecule has 0 spiro atoms. The Balaban J connectivity index is 1.86. The van der Waals surface area contributed by atoms with Crippen molar-refractivity contribution in [1.82, 2.24) is 15.5 Å². The van der Waals surface area contributed by atoms with Gasteiger partial charge in [-0.25, -0.2) is 0 Å². The normalized spacial score (nSPS) is 34.7. The maximum atomic E-state index is 12.3. The van der Waals surface area contributed by atoms with Gasteiger partial charge in [-0.15, -0.1) is 0 Å². The van der Waals surface area contributed by atoms with Crippen molar-refractivity contribution in [2.24, 2.45) is 0 Å². The Labute approximate surface area is 103 Å². The standard InChI is InChI=1S/C12H23N3O2/c1-9-6-14-11(7-13-9)12(16)15-5-3-4-10(8-15)17-2/h9-11,13-14H,3-8H2,1-2H3. The fraction of sp³-hybridized carbons (Fsp3) is 0.917. The molecule has 0 aromatic rings. The maximum Gasteiger partial charge on any atom is 0.241 e. The van der Waals surface area contributed by atoms with Crippen LogP contribution in [0, 0.1) is 0 Å². The molecule has 1 amide bonds. The zero-order valence-corrected chi connectivity index (χ0v) is 10.7. The molecule has 3 atom stereocenters. The van der Waals surface area contributed by atoms with Crippen molar-refractivity contribution in [3.05, 3.63) is 0 Å². The molecule has 98 valence electrons. The summed E-state index contributed by atoms with van der Waals surface area (Å²) in [7, 11) is 1.72. The second kappa shape index (κ2) is 5.80. The number of nitrogens with zero attached hydrogens (tertiary/aromatic N) is 1. The van der Waals surface area contributed by atoms with Gasteiger partial charge in [-0.1, -0.05) is 0 Å². The molecule has 2 heterocycles. The summed E-state index contributed by atoms with van der Waals surface area (Å²) in [5, 5.41) is 6.64. The van der Waals surface area contributed by atoms with Gasteiger partial charge in [0.25, 0.3) is 0 Å². The lowest BCUT2D eigenvalue weighted by molar-refractivity contribution is -0.137. The number of piperazine rings is 1. The van der Waals surface area contributed by atoms with Crippen LogP contribution >= 0.6 is 0 Å². The number of carbonyl (C=O) groups is 1. The van der Waals surface area contributed by atoms with E-state index in [2.05, 4.69) is 17.6 Å². The van der Waals surface area contributed by atoms with Crippen molar-refractivity contribution >= 4 is 5.91 Å². The molecule has 0 aromatic heterocycles. The summed E-state index contributed by atoms with van der Waals surface area (Å²) in [5.74, 6) is 0.214. The van der Waals surface area contributed by atoms with Gasteiger partial charge in [-0.05, 0) is 19.8 Å². The van der Waals surface area contributed by atoms with E-state index in [0.717, 1.165) is 39.0 Å². The molecule has 5 heteroatoms. The monoisotopic (exact) mass is 241 g/mol. The van der Waals surface area contributed by atoms with E-state index in [9.17, 15) is 4.79 Å². The molecule has 17 heavy (non-hydrogen) atoms. The molecule has 0 aliphatic carbocycles. The zero-order chi connectivity index (χ0) is 12.3. The minimum atomic E-state index is -0.0678. The molecule has 5 nitrogen and oxygen atoms in total. The molecule has 2 fully saturated rings. The van der Waals surface area contributed by atoms with Crippen molar-refractivity contribution < 1.29 is 9.53 Å². The first-order valence-electron chi connectivity index (χ1n) is 6.49. The molecule has 0 radical (unpaired) electrons. The summed E-state index contributed by atoms with van der Waals surface area (Å²) in [6, 6.07) is 0.383. The first kappa shape index (κ1) is 12.8. The number of ether oxygens (including phenoxy) is 1. The highest BCUT2D eigenvalue weighted by Crippen LogP contribution is 2.13. The van der Waals surface area contributed by atoms with E-state index in [1.165, 1.54) is 0 Å². The van der Waals surface area contributed by atoms with Gasteiger partial charge in [-0.3, -0.25) is 4.79 Å². The fourth-order valence-electron chi connectivity index (χ4n) is 2.51. The predicted octanol–water partition coefficient (Wildman–Crippen LogP) is -0.426. The molecule has 2 rings (SSSR count). The highest BCUT2D eigenvalue weighted by Gasteiger charge is 2.30. The third kappa shape index (κ3) is 3.18. The van der Waals surface area contributed by atoms with E-state index in [4.69, 9.17) is 4.74 Å². The van der Waals surface area contributed by atoms with E-state index in [0.29, 0.717) is 6.04 Å². The Hall–Kier alpha value is -0.650. The molecule has 0 saturated carbocycles. The van der Waals surface area contributed by atoms with E-state index in [1.54, 1.807) is 7.11 Å². The van der Waals surface area contributed by atoms with Crippen molar-refractivity contribution in [2.75, 3.05) is 33.3 Å². The Morgan fingerprint density at radius 2 is 2.18 bits per heavy atom. The lowest BCUT2D eigenvalue weighted by atomic mass is 10.1. The molecular weight excluding hydrogens is 218 g/mol. The van der Waals surface area contributed by atoms with Gasteiger partial charge in [0.05, 0.1) is 12.1 Å². The minimum Gasteiger partial charge on any atom is -0.380 e. The van der Waals surface area contributed by atoms with Gasteiger partial charge in [0.1, 0.15) is 0 Å². The molecular formula is C12H23N3O2. The lowest BCUT2D eigenvalue weighted by Gasteiger charge is -2.36. The molecule has 2 saturated heterocycles. The van der Waals surface area contributed by atoms with Crippen LogP contribution in [0.2, 0.25) is 0 Å². The lowest BCUT2D eigenvalue weighted by Crippen LogP contribution is -2.60. The molecule has 3 unspecified atom stereocenters. The van der Waals surface area contributed by atoms with E-state index in [1.807, 2.05) is 4.90 Å². The second-order valence-electron chi connectivity index (χ2n) is 5.05.